The van der Waals surface area contributed by atoms with E-state index in [-0.39, 0.29) is 0 Å². The Hall–Kier alpha value is -1.13. The van der Waals surface area contributed by atoms with Crippen molar-refractivity contribution in [2.24, 2.45) is 0 Å². The minimum absolute atomic E-state index is 0.292. The predicted molar refractivity (Wildman–Crippen MR) is 89.8 cm³/mol. The van der Waals surface area contributed by atoms with Gasteiger partial charge in [0.2, 0.25) is 0 Å². The number of hydrogen-bond donors (Lipinski definition) is 3. The summed E-state index contributed by atoms with van der Waals surface area (Å²) in [6.45, 7) is 1.84. The first-order chi connectivity index (χ1) is 10.6. The molecule has 0 saturated heterocycles. The molecule has 0 aromatic rings. The van der Waals surface area contributed by atoms with Gasteiger partial charge in [0.1, 0.15) is 0 Å². The topological polar surface area (TPSA) is 77.8 Å². The van der Waals surface area contributed by atoms with Crippen molar-refractivity contribution in [2.75, 3.05) is 0 Å². The molecule has 128 valence electrons. The lowest BCUT2D eigenvalue weighted by Crippen LogP contribution is -2.22. The van der Waals surface area contributed by atoms with Crippen LogP contribution in [0.25, 0.3) is 0 Å². The Balaban J connectivity index is 3.37. The summed E-state index contributed by atoms with van der Waals surface area (Å²) in [5.41, 5.74) is 0. The van der Waals surface area contributed by atoms with E-state index in [2.05, 4.69) is 12.2 Å². The fraction of sp³-hybridized carbons (Fsp3) is 0.722. The van der Waals surface area contributed by atoms with Crippen molar-refractivity contribution in [2.45, 2.75) is 83.3 Å². The van der Waals surface area contributed by atoms with E-state index in [0.29, 0.717) is 12.8 Å². The molecule has 0 spiro atoms. The van der Waals surface area contributed by atoms with Crippen molar-refractivity contribution in [1.82, 2.24) is 0 Å². The summed E-state index contributed by atoms with van der Waals surface area (Å²) in [5.74, 6) is -0.698. The van der Waals surface area contributed by atoms with Crippen molar-refractivity contribution in [3.63, 3.8) is 0 Å². The van der Waals surface area contributed by atoms with Gasteiger partial charge in [-0.2, -0.15) is 0 Å². The molecule has 0 heterocycles. The normalized spacial score (nSPS) is 14.7. The van der Waals surface area contributed by atoms with Crippen molar-refractivity contribution >= 4 is 5.97 Å². The van der Waals surface area contributed by atoms with Gasteiger partial charge in [0.15, 0.2) is 0 Å². The van der Waals surface area contributed by atoms with Gasteiger partial charge in [0.25, 0.3) is 0 Å². The van der Waals surface area contributed by atoms with Gasteiger partial charge in [-0.15, -0.1) is 0 Å². The average Bonchev–Trinajstić information content (AvgIpc) is 2.50. The van der Waals surface area contributed by atoms with Gasteiger partial charge in [-0.25, -0.2) is 0 Å². The number of carboxylic acid groups (broad SMARTS) is 1. The number of aliphatic hydroxyl groups is 2. The Morgan fingerprint density at radius 2 is 1.59 bits per heavy atom. The molecule has 0 aliphatic rings. The smallest absolute Gasteiger partial charge is 0.303 e. The molecule has 0 aliphatic carbocycles. The van der Waals surface area contributed by atoms with Crippen molar-refractivity contribution in [3.05, 3.63) is 24.3 Å². The molecule has 0 aliphatic heterocycles. The second kappa shape index (κ2) is 14.8. The lowest BCUT2D eigenvalue weighted by atomic mass is 10.1. The SMILES string of the molecule is CCC(O)C(O)/C=C\C/C=C\CCCCCCCCC(=O)O. The van der Waals surface area contributed by atoms with Gasteiger partial charge < -0.3 is 15.3 Å². The van der Waals surface area contributed by atoms with Gasteiger partial charge in [-0.05, 0) is 32.1 Å². The number of carbonyl (C=O) groups is 1. The zero-order chi connectivity index (χ0) is 16.6. The number of rotatable bonds is 14. The lowest BCUT2D eigenvalue weighted by molar-refractivity contribution is -0.137. The van der Waals surface area contributed by atoms with Gasteiger partial charge in [-0.1, -0.05) is 56.9 Å². The Kier molecular flexibility index (Phi) is 14.0. The highest BCUT2D eigenvalue weighted by Gasteiger charge is 2.08. The zero-order valence-corrected chi connectivity index (χ0v) is 13.8. The largest absolute Gasteiger partial charge is 0.481 e. The van der Waals surface area contributed by atoms with Crippen LogP contribution in [0.1, 0.15) is 71.1 Å². The molecular weight excluding hydrogens is 280 g/mol. The molecule has 0 bridgehead atoms. The number of allylic oxidation sites excluding steroid dienone is 3. The Labute approximate surface area is 134 Å². The van der Waals surface area contributed by atoms with Crippen LogP contribution in [0.4, 0.5) is 0 Å². The number of aliphatic carboxylic acids is 1. The molecule has 0 saturated carbocycles. The molecule has 0 rings (SSSR count). The molecule has 0 fully saturated rings. The quantitative estimate of drug-likeness (QED) is 0.336. The number of unbranched alkanes of at least 4 members (excludes halogenated alkanes) is 6. The second-order valence-corrected chi connectivity index (χ2v) is 5.66. The predicted octanol–water partition coefficient (Wildman–Crippen LogP) is 3.83. The second-order valence-electron chi connectivity index (χ2n) is 5.66. The number of carboxylic acids is 1. The summed E-state index contributed by atoms with van der Waals surface area (Å²) < 4.78 is 0. The Morgan fingerprint density at radius 1 is 0.955 bits per heavy atom. The van der Waals surface area contributed by atoms with Gasteiger partial charge in [-0.3, -0.25) is 4.79 Å². The summed E-state index contributed by atoms with van der Waals surface area (Å²) in [6.07, 6.45) is 15.5. The van der Waals surface area contributed by atoms with Crippen LogP contribution in [-0.2, 0) is 4.79 Å². The number of aliphatic hydroxyl groups excluding tert-OH is 2. The van der Waals surface area contributed by atoms with E-state index in [4.69, 9.17) is 5.11 Å². The molecule has 0 radical (unpaired) electrons. The maximum absolute atomic E-state index is 10.3. The van der Waals surface area contributed by atoms with Crippen LogP contribution in [0.3, 0.4) is 0 Å². The van der Waals surface area contributed by atoms with Crippen molar-refractivity contribution < 1.29 is 20.1 Å². The van der Waals surface area contributed by atoms with Gasteiger partial charge in [0.05, 0.1) is 12.2 Å². The molecule has 3 N–H and O–H groups in total. The van der Waals surface area contributed by atoms with Crippen LogP contribution in [0.5, 0.6) is 0 Å². The Morgan fingerprint density at radius 3 is 2.23 bits per heavy atom. The first-order valence-corrected chi connectivity index (χ1v) is 8.47. The molecule has 22 heavy (non-hydrogen) atoms. The highest BCUT2D eigenvalue weighted by Crippen LogP contribution is 2.09. The minimum atomic E-state index is -0.764. The fourth-order valence-corrected chi connectivity index (χ4v) is 2.13. The maximum Gasteiger partial charge on any atom is 0.303 e. The third-order valence-corrected chi connectivity index (χ3v) is 3.60. The van der Waals surface area contributed by atoms with E-state index < -0.39 is 18.2 Å². The molecule has 0 aromatic heterocycles. The van der Waals surface area contributed by atoms with Gasteiger partial charge in [0, 0.05) is 6.42 Å². The number of hydrogen-bond acceptors (Lipinski definition) is 3. The highest BCUT2D eigenvalue weighted by molar-refractivity contribution is 5.66. The summed E-state index contributed by atoms with van der Waals surface area (Å²) in [5, 5.41) is 27.4. The summed E-state index contributed by atoms with van der Waals surface area (Å²) in [7, 11) is 0. The third-order valence-electron chi connectivity index (χ3n) is 3.60. The van der Waals surface area contributed by atoms with E-state index in [1.54, 1.807) is 6.08 Å². The minimum Gasteiger partial charge on any atom is -0.481 e. The molecule has 4 nitrogen and oxygen atoms in total. The van der Waals surface area contributed by atoms with E-state index in [0.717, 1.165) is 38.5 Å². The molecule has 2 unspecified atom stereocenters. The zero-order valence-electron chi connectivity index (χ0n) is 13.8. The van der Waals surface area contributed by atoms with Gasteiger partial charge >= 0.3 is 5.97 Å². The first-order valence-electron chi connectivity index (χ1n) is 8.47. The van der Waals surface area contributed by atoms with E-state index >= 15 is 0 Å². The molecular formula is C18H32O4. The fourth-order valence-electron chi connectivity index (χ4n) is 2.13. The monoisotopic (exact) mass is 312 g/mol. The van der Waals surface area contributed by atoms with Crippen LogP contribution in [-0.4, -0.2) is 33.5 Å². The van der Waals surface area contributed by atoms with E-state index in [1.165, 1.54) is 12.8 Å². The summed E-state index contributed by atoms with van der Waals surface area (Å²) in [6, 6.07) is 0. The standard InChI is InChI=1S/C18H32O4/c1-2-16(19)17(20)14-12-10-8-6-4-3-5-7-9-11-13-15-18(21)22/h6,8,12,14,16-17,19-20H,2-5,7,9-11,13,15H2,1H3,(H,21,22)/b8-6-,14-12-. The highest BCUT2D eigenvalue weighted by atomic mass is 16.4. The van der Waals surface area contributed by atoms with Crippen LogP contribution in [0.15, 0.2) is 24.3 Å². The van der Waals surface area contributed by atoms with E-state index in [1.807, 2.05) is 13.0 Å². The molecule has 2 atom stereocenters. The lowest BCUT2D eigenvalue weighted by Gasteiger charge is -2.10. The first kappa shape index (κ1) is 20.9. The molecule has 4 heteroatoms. The van der Waals surface area contributed by atoms with E-state index in [9.17, 15) is 15.0 Å². The van der Waals surface area contributed by atoms with Crippen LogP contribution in [0.2, 0.25) is 0 Å². The summed E-state index contributed by atoms with van der Waals surface area (Å²) in [4.78, 5) is 10.3. The van der Waals surface area contributed by atoms with Crippen molar-refractivity contribution in [1.29, 1.82) is 0 Å². The van der Waals surface area contributed by atoms with Crippen molar-refractivity contribution in [3.8, 4) is 0 Å². The molecule has 0 amide bonds. The van der Waals surface area contributed by atoms with Crippen LogP contribution < -0.4 is 0 Å². The molecule has 0 aromatic carbocycles. The third kappa shape index (κ3) is 13.8. The van der Waals surface area contributed by atoms with Crippen LogP contribution in [0, 0.1) is 0 Å². The van der Waals surface area contributed by atoms with Crippen LogP contribution >= 0.6 is 0 Å². The summed E-state index contributed by atoms with van der Waals surface area (Å²) >= 11 is 0. The Bertz CT molecular complexity index is 323. The average molecular weight is 312 g/mol. The maximum atomic E-state index is 10.3.